The number of carbonyl (C=O) groups excluding carboxylic acids is 1. The van der Waals surface area contributed by atoms with E-state index in [4.69, 9.17) is 17.0 Å². The number of nitrogens with one attached hydrogen (secondary N) is 2. The first kappa shape index (κ1) is 19.5. The fraction of sp³-hybridized carbons (Fsp3) is 0.0909. The molecule has 0 radical (unpaired) electrons. The lowest BCUT2D eigenvalue weighted by Gasteiger charge is -2.10. The minimum atomic E-state index is -0.341. The number of carbonyl (C=O) groups is 1. The predicted octanol–water partition coefficient (Wildman–Crippen LogP) is 4.57. The zero-order valence-electron chi connectivity index (χ0n) is 15.0. The van der Waals surface area contributed by atoms with Crippen LogP contribution in [0.4, 0.5) is 10.1 Å². The van der Waals surface area contributed by atoms with Gasteiger partial charge in [-0.3, -0.25) is 10.1 Å². The highest BCUT2D eigenvalue weighted by Gasteiger charge is 2.08. The Morgan fingerprint density at radius 1 is 0.929 bits per heavy atom. The van der Waals surface area contributed by atoms with E-state index in [9.17, 15) is 9.18 Å². The molecule has 28 heavy (non-hydrogen) atoms. The van der Waals surface area contributed by atoms with E-state index >= 15 is 0 Å². The molecular weight excluding hydrogens is 375 g/mol. The summed E-state index contributed by atoms with van der Waals surface area (Å²) < 4.78 is 18.6. The second-order valence-corrected chi connectivity index (χ2v) is 6.43. The Morgan fingerprint density at radius 3 is 2.29 bits per heavy atom. The third-order valence-electron chi connectivity index (χ3n) is 3.95. The second-order valence-electron chi connectivity index (χ2n) is 6.02. The van der Waals surface area contributed by atoms with E-state index < -0.39 is 0 Å². The van der Waals surface area contributed by atoms with Crippen LogP contribution in [0.2, 0.25) is 0 Å². The van der Waals surface area contributed by atoms with Gasteiger partial charge in [0.15, 0.2) is 5.11 Å². The maximum Gasteiger partial charge on any atom is 0.257 e. The van der Waals surface area contributed by atoms with Gasteiger partial charge in [-0.15, -0.1) is 0 Å². The van der Waals surface area contributed by atoms with Gasteiger partial charge in [0, 0.05) is 17.7 Å². The molecule has 0 spiro atoms. The number of anilines is 1. The van der Waals surface area contributed by atoms with Crippen molar-refractivity contribution in [2.75, 3.05) is 11.9 Å². The van der Waals surface area contributed by atoms with E-state index in [1.807, 2.05) is 18.2 Å². The SMILES string of the molecule is O=C(NC(=S)Nc1ccc(F)cc1)c1ccc(OCCc2ccccc2)cc1. The summed E-state index contributed by atoms with van der Waals surface area (Å²) in [6, 6.07) is 22.6. The van der Waals surface area contributed by atoms with Crippen LogP contribution in [0.1, 0.15) is 15.9 Å². The number of rotatable bonds is 6. The Hall–Kier alpha value is -3.25. The molecule has 0 aliphatic heterocycles. The van der Waals surface area contributed by atoms with Crippen LogP contribution < -0.4 is 15.4 Å². The molecule has 4 nitrogen and oxygen atoms in total. The number of thiocarbonyl (C=S) groups is 1. The van der Waals surface area contributed by atoms with Crippen LogP contribution in [0.5, 0.6) is 5.75 Å². The minimum Gasteiger partial charge on any atom is -0.493 e. The van der Waals surface area contributed by atoms with Gasteiger partial charge in [-0.1, -0.05) is 30.3 Å². The highest BCUT2D eigenvalue weighted by molar-refractivity contribution is 7.80. The summed E-state index contributed by atoms with van der Waals surface area (Å²) >= 11 is 5.11. The van der Waals surface area contributed by atoms with Crippen molar-refractivity contribution < 1.29 is 13.9 Å². The number of halogens is 1. The second kappa shape index (κ2) is 9.62. The van der Waals surface area contributed by atoms with Crippen molar-refractivity contribution in [2.45, 2.75) is 6.42 Å². The summed E-state index contributed by atoms with van der Waals surface area (Å²) in [7, 11) is 0. The van der Waals surface area contributed by atoms with Gasteiger partial charge >= 0.3 is 0 Å². The molecule has 0 bridgehead atoms. The number of ether oxygens (including phenoxy) is 1. The summed E-state index contributed by atoms with van der Waals surface area (Å²) in [5, 5.41) is 5.56. The third-order valence-corrected chi connectivity index (χ3v) is 4.15. The predicted molar refractivity (Wildman–Crippen MR) is 112 cm³/mol. The molecular formula is C22H19FN2O2S. The molecule has 3 aromatic rings. The fourth-order valence-corrected chi connectivity index (χ4v) is 2.72. The Balaban J connectivity index is 1.47. The number of hydrogen-bond acceptors (Lipinski definition) is 3. The van der Waals surface area contributed by atoms with Crippen LogP contribution in [-0.2, 0) is 6.42 Å². The maximum atomic E-state index is 12.9. The molecule has 0 aliphatic rings. The molecule has 0 aromatic heterocycles. The molecule has 0 unspecified atom stereocenters. The zero-order valence-corrected chi connectivity index (χ0v) is 15.8. The zero-order chi connectivity index (χ0) is 19.8. The Labute approximate surface area is 168 Å². The van der Waals surface area contributed by atoms with Gasteiger partial charge in [0.1, 0.15) is 11.6 Å². The van der Waals surface area contributed by atoms with Crippen LogP contribution in [0.15, 0.2) is 78.9 Å². The standard InChI is InChI=1S/C22H19FN2O2S/c23-18-8-10-19(11-9-18)24-22(28)25-21(26)17-6-12-20(13-7-17)27-15-14-16-4-2-1-3-5-16/h1-13H,14-15H2,(H2,24,25,26,28). The summed E-state index contributed by atoms with van der Waals surface area (Å²) in [5.41, 5.74) is 2.26. The van der Waals surface area contributed by atoms with Gasteiger partial charge in [0.25, 0.3) is 5.91 Å². The van der Waals surface area contributed by atoms with Gasteiger partial charge in [-0.2, -0.15) is 0 Å². The fourth-order valence-electron chi connectivity index (χ4n) is 2.50. The minimum absolute atomic E-state index is 0.139. The third kappa shape index (κ3) is 5.89. The molecule has 6 heteroatoms. The van der Waals surface area contributed by atoms with Crippen LogP contribution in [-0.4, -0.2) is 17.6 Å². The molecule has 142 valence electrons. The molecule has 3 rings (SSSR count). The van der Waals surface area contributed by atoms with Crippen LogP contribution >= 0.6 is 12.2 Å². The molecule has 2 N–H and O–H groups in total. The van der Waals surface area contributed by atoms with Crippen LogP contribution in [0, 0.1) is 5.82 Å². The first-order valence-electron chi connectivity index (χ1n) is 8.75. The van der Waals surface area contributed by atoms with Gasteiger partial charge in [0.05, 0.1) is 6.61 Å². The maximum absolute atomic E-state index is 12.9. The van der Waals surface area contributed by atoms with Crippen molar-refractivity contribution >= 4 is 28.9 Å². The Kier molecular flexibility index (Phi) is 6.70. The van der Waals surface area contributed by atoms with E-state index in [1.165, 1.54) is 29.8 Å². The van der Waals surface area contributed by atoms with E-state index in [0.29, 0.717) is 23.6 Å². The van der Waals surface area contributed by atoms with Crippen molar-refractivity contribution in [1.29, 1.82) is 0 Å². The average Bonchev–Trinajstić information content (AvgIpc) is 2.71. The van der Waals surface area contributed by atoms with Crippen LogP contribution in [0.3, 0.4) is 0 Å². The van der Waals surface area contributed by atoms with E-state index in [1.54, 1.807) is 24.3 Å². The number of benzene rings is 3. The summed E-state index contributed by atoms with van der Waals surface area (Å²) in [6.45, 7) is 0.557. The van der Waals surface area contributed by atoms with Crippen molar-refractivity contribution in [2.24, 2.45) is 0 Å². The normalized spacial score (nSPS) is 10.2. The molecule has 0 saturated heterocycles. The summed E-state index contributed by atoms with van der Waals surface area (Å²) in [4.78, 5) is 12.3. The molecule has 0 atom stereocenters. The first-order valence-corrected chi connectivity index (χ1v) is 9.16. The van der Waals surface area contributed by atoms with Crippen molar-refractivity contribution in [1.82, 2.24) is 5.32 Å². The molecule has 1 amide bonds. The van der Waals surface area contributed by atoms with Crippen molar-refractivity contribution in [3.05, 3.63) is 95.8 Å². The lowest BCUT2D eigenvalue weighted by Crippen LogP contribution is -2.34. The Morgan fingerprint density at radius 2 is 1.61 bits per heavy atom. The van der Waals surface area contributed by atoms with E-state index in [-0.39, 0.29) is 16.8 Å². The first-order chi connectivity index (χ1) is 13.6. The average molecular weight is 394 g/mol. The molecule has 0 heterocycles. The lowest BCUT2D eigenvalue weighted by atomic mass is 10.2. The Bertz CT molecular complexity index is 929. The summed E-state index contributed by atoms with van der Waals surface area (Å²) in [5.74, 6) is 0.0153. The quantitative estimate of drug-likeness (QED) is 0.601. The van der Waals surface area contributed by atoms with Crippen molar-refractivity contribution in [3.8, 4) is 5.75 Å². The molecule has 0 saturated carbocycles. The van der Waals surface area contributed by atoms with E-state index in [0.717, 1.165) is 6.42 Å². The van der Waals surface area contributed by atoms with Crippen LogP contribution in [0.25, 0.3) is 0 Å². The smallest absolute Gasteiger partial charge is 0.257 e. The number of hydrogen-bond donors (Lipinski definition) is 2. The van der Waals surface area contributed by atoms with Gasteiger partial charge < -0.3 is 10.1 Å². The lowest BCUT2D eigenvalue weighted by molar-refractivity contribution is 0.0977. The van der Waals surface area contributed by atoms with Gasteiger partial charge in [0.2, 0.25) is 0 Å². The monoisotopic (exact) mass is 394 g/mol. The molecule has 3 aromatic carbocycles. The number of amides is 1. The molecule has 0 fully saturated rings. The highest BCUT2D eigenvalue weighted by atomic mass is 32.1. The summed E-state index contributed by atoms with van der Waals surface area (Å²) in [6.07, 6.45) is 0.812. The van der Waals surface area contributed by atoms with Gasteiger partial charge in [-0.05, 0) is 66.3 Å². The van der Waals surface area contributed by atoms with E-state index in [2.05, 4.69) is 22.8 Å². The molecule has 0 aliphatic carbocycles. The van der Waals surface area contributed by atoms with Crippen molar-refractivity contribution in [3.63, 3.8) is 0 Å². The van der Waals surface area contributed by atoms with Gasteiger partial charge in [-0.25, -0.2) is 4.39 Å². The largest absolute Gasteiger partial charge is 0.493 e. The topological polar surface area (TPSA) is 50.4 Å². The highest BCUT2D eigenvalue weighted by Crippen LogP contribution is 2.13.